The maximum absolute atomic E-state index is 10.9. The number of H-pyrrole nitrogens is 1. The highest BCUT2D eigenvalue weighted by Crippen LogP contribution is 2.20. The zero-order chi connectivity index (χ0) is 8.72. The minimum absolute atomic E-state index is 0.359. The van der Waals surface area contributed by atoms with E-state index in [1.165, 1.54) is 0 Å². The smallest absolute Gasteiger partial charge is 0.347 e. The van der Waals surface area contributed by atoms with Gasteiger partial charge in [-0.15, -0.1) is 0 Å². The molecular weight excluding hydrogens is 156 g/mol. The number of nitrogen functional groups attached to an aromatic ring is 1. The minimum atomic E-state index is -0.360. The molecule has 0 atom stereocenters. The molecule has 0 saturated carbocycles. The van der Waals surface area contributed by atoms with Gasteiger partial charge < -0.3 is 10.7 Å². The van der Waals surface area contributed by atoms with Crippen LogP contribution in [-0.4, -0.2) is 21.9 Å². The minimum Gasteiger partial charge on any atom is -0.383 e. The molecule has 3 N–H and O–H groups in total. The van der Waals surface area contributed by atoms with Crippen LogP contribution in [0.25, 0.3) is 0 Å². The largest absolute Gasteiger partial charge is 0.383 e. The lowest BCUT2D eigenvalue weighted by molar-refractivity contribution is 0.351. The maximum atomic E-state index is 10.9. The Morgan fingerprint density at radius 3 is 3.08 bits per heavy atom. The van der Waals surface area contributed by atoms with Crippen molar-refractivity contribution in [3.8, 4) is 0 Å². The van der Waals surface area contributed by atoms with Gasteiger partial charge in [-0.3, -0.25) is 4.90 Å². The molecule has 1 aromatic rings. The van der Waals surface area contributed by atoms with Crippen molar-refractivity contribution in [2.75, 3.05) is 12.8 Å². The van der Waals surface area contributed by atoms with Crippen molar-refractivity contribution in [2.45, 2.75) is 13.1 Å². The molecule has 2 heterocycles. The number of fused-ring (bicyclic) bond motifs is 1. The van der Waals surface area contributed by atoms with Crippen LogP contribution in [0, 0.1) is 0 Å². The van der Waals surface area contributed by atoms with Crippen LogP contribution < -0.4 is 11.4 Å². The molecular formula is C7H10N4O. The summed E-state index contributed by atoms with van der Waals surface area (Å²) in [5.41, 5.74) is 7.07. The summed E-state index contributed by atoms with van der Waals surface area (Å²) in [5, 5.41) is 0. The standard InChI is InChI=1S/C7H10N4O/c1-11-2-4-5(3-11)9-7(12)10-6(4)8/h2-3H2,1H3,(H3,8,9,10,12). The molecule has 0 fully saturated rings. The molecule has 0 saturated heterocycles. The predicted octanol–water partition coefficient (Wildman–Crippen LogP) is -0.703. The Bertz CT molecular complexity index is 370. The summed E-state index contributed by atoms with van der Waals surface area (Å²) in [6, 6.07) is 0. The summed E-state index contributed by atoms with van der Waals surface area (Å²) in [6.07, 6.45) is 0. The van der Waals surface area contributed by atoms with E-state index < -0.39 is 0 Å². The molecule has 1 aliphatic rings. The van der Waals surface area contributed by atoms with E-state index in [2.05, 4.69) is 14.9 Å². The summed E-state index contributed by atoms with van der Waals surface area (Å²) < 4.78 is 0. The van der Waals surface area contributed by atoms with Crippen LogP contribution >= 0.6 is 0 Å². The first-order chi connectivity index (χ1) is 5.66. The van der Waals surface area contributed by atoms with Gasteiger partial charge >= 0.3 is 5.69 Å². The second-order valence-electron chi connectivity index (χ2n) is 3.06. The van der Waals surface area contributed by atoms with Gasteiger partial charge in [0.1, 0.15) is 5.82 Å². The van der Waals surface area contributed by atoms with Gasteiger partial charge in [-0.25, -0.2) is 4.79 Å². The molecule has 1 aliphatic heterocycles. The topological polar surface area (TPSA) is 75.0 Å². The van der Waals surface area contributed by atoms with Crippen LogP contribution in [0.4, 0.5) is 5.82 Å². The van der Waals surface area contributed by atoms with Gasteiger partial charge in [0.15, 0.2) is 0 Å². The van der Waals surface area contributed by atoms with Crippen LogP contribution in [0.3, 0.4) is 0 Å². The predicted molar refractivity (Wildman–Crippen MR) is 44.4 cm³/mol. The van der Waals surface area contributed by atoms with Crippen molar-refractivity contribution in [1.29, 1.82) is 0 Å². The normalized spacial score (nSPS) is 16.4. The lowest BCUT2D eigenvalue weighted by atomic mass is 10.2. The lowest BCUT2D eigenvalue weighted by Gasteiger charge is -2.02. The summed E-state index contributed by atoms with van der Waals surface area (Å²) >= 11 is 0. The molecule has 2 rings (SSSR count). The number of aromatic amines is 1. The summed E-state index contributed by atoms with van der Waals surface area (Å²) in [4.78, 5) is 19.2. The van der Waals surface area contributed by atoms with E-state index in [1.807, 2.05) is 7.05 Å². The second kappa shape index (κ2) is 2.31. The summed E-state index contributed by atoms with van der Waals surface area (Å²) in [7, 11) is 1.97. The van der Waals surface area contributed by atoms with Gasteiger partial charge in [-0.1, -0.05) is 0 Å². The summed E-state index contributed by atoms with van der Waals surface area (Å²) in [5.74, 6) is 0.359. The molecule has 0 unspecified atom stereocenters. The molecule has 0 amide bonds. The van der Waals surface area contributed by atoms with Gasteiger partial charge in [0.2, 0.25) is 0 Å². The summed E-state index contributed by atoms with van der Waals surface area (Å²) in [6.45, 7) is 1.52. The Labute approximate surface area is 69.2 Å². The van der Waals surface area contributed by atoms with Crippen molar-refractivity contribution in [1.82, 2.24) is 14.9 Å². The zero-order valence-electron chi connectivity index (χ0n) is 6.79. The first-order valence-electron chi connectivity index (χ1n) is 3.73. The highest BCUT2D eigenvalue weighted by Gasteiger charge is 2.19. The average Bonchev–Trinajstić information content (AvgIpc) is 2.29. The second-order valence-corrected chi connectivity index (χ2v) is 3.06. The molecule has 5 nitrogen and oxygen atoms in total. The van der Waals surface area contributed by atoms with E-state index in [-0.39, 0.29) is 5.69 Å². The van der Waals surface area contributed by atoms with Crippen LogP contribution in [0.2, 0.25) is 0 Å². The first-order valence-corrected chi connectivity index (χ1v) is 3.73. The molecule has 0 aliphatic carbocycles. The number of nitrogens with two attached hydrogens (primary N) is 1. The van der Waals surface area contributed by atoms with Crippen LogP contribution in [0.5, 0.6) is 0 Å². The van der Waals surface area contributed by atoms with E-state index in [1.54, 1.807) is 0 Å². The van der Waals surface area contributed by atoms with E-state index in [4.69, 9.17) is 5.73 Å². The average molecular weight is 166 g/mol. The molecule has 0 aromatic carbocycles. The van der Waals surface area contributed by atoms with E-state index >= 15 is 0 Å². The number of hydrogen-bond donors (Lipinski definition) is 2. The third kappa shape index (κ3) is 0.984. The SMILES string of the molecule is CN1Cc2[nH]c(=O)nc(N)c2C1. The fourth-order valence-electron chi connectivity index (χ4n) is 1.47. The number of nitrogens with one attached hydrogen (secondary N) is 1. The van der Waals surface area contributed by atoms with E-state index in [0.717, 1.165) is 24.3 Å². The van der Waals surface area contributed by atoms with Crippen molar-refractivity contribution in [2.24, 2.45) is 0 Å². The van der Waals surface area contributed by atoms with Crippen molar-refractivity contribution in [3.63, 3.8) is 0 Å². The molecule has 5 heteroatoms. The number of hydrogen-bond acceptors (Lipinski definition) is 4. The van der Waals surface area contributed by atoms with Gasteiger partial charge in [0, 0.05) is 24.3 Å². The monoisotopic (exact) mass is 166 g/mol. The number of nitrogens with zero attached hydrogens (tertiary/aromatic N) is 2. The Hall–Kier alpha value is -1.36. The zero-order valence-corrected chi connectivity index (χ0v) is 6.79. The highest BCUT2D eigenvalue weighted by molar-refractivity contribution is 5.42. The number of anilines is 1. The Morgan fingerprint density at radius 1 is 1.58 bits per heavy atom. The van der Waals surface area contributed by atoms with Crippen molar-refractivity contribution in [3.05, 3.63) is 21.7 Å². The Kier molecular flexibility index (Phi) is 1.41. The van der Waals surface area contributed by atoms with E-state index in [9.17, 15) is 4.79 Å². The third-order valence-electron chi connectivity index (χ3n) is 2.01. The molecule has 0 radical (unpaired) electrons. The van der Waals surface area contributed by atoms with Crippen LogP contribution in [-0.2, 0) is 13.1 Å². The Balaban J connectivity index is 2.60. The molecule has 0 spiro atoms. The Morgan fingerprint density at radius 2 is 2.33 bits per heavy atom. The van der Waals surface area contributed by atoms with Crippen LogP contribution in [0.15, 0.2) is 4.79 Å². The lowest BCUT2D eigenvalue weighted by Crippen LogP contribution is -2.15. The van der Waals surface area contributed by atoms with Gasteiger partial charge in [-0.2, -0.15) is 4.98 Å². The number of aromatic nitrogens is 2. The highest BCUT2D eigenvalue weighted by atomic mass is 16.1. The third-order valence-corrected chi connectivity index (χ3v) is 2.01. The molecule has 0 bridgehead atoms. The maximum Gasteiger partial charge on any atom is 0.347 e. The molecule has 1 aromatic heterocycles. The van der Waals surface area contributed by atoms with Crippen molar-refractivity contribution < 1.29 is 0 Å². The van der Waals surface area contributed by atoms with Gasteiger partial charge in [-0.05, 0) is 7.05 Å². The van der Waals surface area contributed by atoms with Gasteiger partial charge in [0.25, 0.3) is 0 Å². The molecule has 12 heavy (non-hydrogen) atoms. The quantitative estimate of drug-likeness (QED) is 0.534. The van der Waals surface area contributed by atoms with E-state index in [0.29, 0.717) is 5.82 Å². The first kappa shape index (κ1) is 7.30. The van der Waals surface area contributed by atoms with Gasteiger partial charge in [0.05, 0.1) is 0 Å². The fourth-order valence-corrected chi connectivity index (χ4v) is 1.47. The molecule has 64 valence electrons. The van der Waals surface area contributed by atoms with Crippen LogP contribution in [0.1, 0.15) is 11.3 Å². The van der Waals surface area contributed by atoms with Crippen molar-refractivity contribution >= 4 is 5.82 Å². The number of rotatable bonds is 0. The fraction of sp³-hybridized carbons (Fsp3) is 0.429.